The molecule has 2 nitrogen and oxygen atoms in total. The van der Waals surface area contributed by atoms with E-state index in [9.17, 15) is 4.79 Å². The first kappa shape index (κ1) is 14.3. The average Bonchev–Trinajstić information content (AvgIpc) is 2.49. The summed E-state index contributed by atoms with van der Waals surface area (Å²) in [6, 6.07) is 17.8. The second-order valence-corrected chi connectivity index (χ2v) is 4.81. The molecule has 0 radical (unpaired) electrons. The lowest BCUT2D eigenvalue weighted by atomic mass is 10.00. The van der Waals surface area contributed by atoms with Gasteiger partial charge in [0.1, 0.15) is 0 Å². The largest absolute Gasteiger partial charge is 0.462 e. The number of ether oxygens (including phenoxy) is 1. The van der Waals surface area contributed by atoms with Crippen molar-refractivity contribution >= 4 is 5.97 Å². The predicted molar refractivity (Wildman–Crippen MR) is 80.9 cm³/mol. The standard InChI is InChI=1S/C18H20O2/c1-2-3-13-20-18(19)17-12-8-7-11-16(17)14-15-9-5-4-6-10-15/h4-12H,2-3,13-14H2,1H3. The normalized spacial score (nSPS) is 10.2. The van der Waals surface area contributed by atoms with Crippen molar-refractivity contribution in [2.75, 3.05) is 6.61 Å². The highest BCUT2D eigenvalue weighted by Gasteiger charge is 2.12. The Morgan fingerprint density at radius 2 is 1.70 bits per heavy atom. The van der Waals surface area contributed by atoms with Crippen LogP contribution >= 0.6 is 0 Å². The van der Waals surface area contributed by atoms with E-state index in [1.54, 1.807) is 0 Å². The maximum atomic E-state index is 12.1. The van der Waals surface area contributed by atoms with E-state index in [0.29, 0.717) is 12.2 Å². The maximum absolute atomic E-state index is 12.1. The molecule has 0 aliphatic rings. The molecule has 2 aromatic rings. The van der Waals surface area contributed by atoms with Gasteiger partial charge >= 0.3 is 5.97 Å². The zero-order valence-corrected chi connectivity index (χ0v) is 11.8. The summed E-state index contributed by atoms with van der Waals surface area (Å²) in [4.78, 5) is 12.1. The first-order valence-corrected chi connectivity index (χ1v) is 7.10. The van der Waals surface area contributed by atoms with Crippen molar-refractivity contribution in [1.29, 1.82) is 0 Å². The van der Waals surface area contributed by atoms with Gasteiger partial charge in [-0.1, -0.05) is 61.9 Å². The number of unbranched alkanes of at least 4 members (excludes halogenated alkanes) is 1. The van der Waals surface area contributed by atoms with Gasteiger partial charge in [0.05, 0.1) is 12.2 Å². The monoisotopic (exact) mass is 268 g/mol. The molecule has 0 N–H and O–H groups in total. The first-order chi connectivity index (χ1) is 9.81. The molecule has 0 spiro atoms. The van der Waals surface area contributed by atoms with E-state index in [1.807, 2.05) is 42.5 Å². The Morgan fingerprint density at radius 1 is 1.00 bits per heavy atom. The Kier molecular flexibility index (Phi) is 5.36. The van der Waals surface area contributed by atoms with Crippen molar-refractivity contribution in [3.8, 4) is 0 Å². The van der Waals surface area contributed by atoms with E-state index < -0.39 is 0 Å². The summed E-state index contributed by atoms with van der Waals surface area (Å²) >= 11 is 0. The lowest BCUT2D eigenvalue weighted by Gasteiger charge is -2.09. The molecule has 0 aromatic heterocycles. The quantitative estimate of drug-likeness (QED) is 0.578. The molecule has 0 aliphatic heterocycles. The van der Waals surface area contributed by atoms with Crippen LogP contribution in [-0.2, 0) is 11.2 Å². The van der Waals surface area contributed by atoms with Crippen molar-refractivity contribution in [3.05, 3.63) is 71.3 Å². The summed E-state index contributed by atoms with van der Waals surface area (Å²) in [5.74, 6) is -0.218. The highest BCUT2D eigenvalue weighted by Crippen LogP contribution is 2.15. The molecular formula is C18H20O2. The maximum Gasteiger partial charge on any atom is 0.338 e. The van der Waals surface area contributed by atoms with Gasteiger partial charge in [0.2, 0.25) is 0 Å². The highest BCUT2D eigenvalue weighted by molar-refractivity contribution is 5.91. The van der Waals surface area contributed by atoms with Crippen LogP contribution in [0.1, 0.15) is 41.3 Å². The number of hydrogen-bond donors (Lipinski definition) is 0. The summed E-state index contributed by atoms with van der Waals surface area (Å²) in [7, 11) is 0. The van der Waals surface area contributed by atoms with Crippen LogP contribution in [0, 0.1) is 0 Å². The number of esters is 1. The fourth-order valence-electron chi connectivity index (χ4n) is 2.08. The molecule has 2 rings (SSSR count). The van der Waals surface area contributed by atoms with Gasteiger partial charge in [-0.25, -0.2) is 4.79 Å². The molecule has 0 heterocycles. The number of hydrogen-bond acceptors (Lipinski definition) is 2. The number of rotatable bonds is 6. The molecular weight excluding hydrogens is 248 g/mol. The van der Waals surface area contributed by atoms with E-state index >= 15 is 0 Å². The van der Waals surface area contributed by atoms with Gasteiger partial charge in [-0.2, -0.15) is 0 Å². The van der Waals surface area contributed by atoms with Crippen LogP contribution in [0.25, 0.3) is 0 Å². The van der Waals surface area contributed by atoms with Crippen LogP contribution in [0.5, 0.6) is 0 Å². The zero-order chi connectivity index (χ0) is 14.2. The molecule has 0 bridgehead atoms. The Bertz CT molecular complexity index is 546. The third-order valence-corrected chi connectivity index (χ3v) is 3.21. The fraction of sp³-hybridized carbons (Fsp3) is 0.278. The summed E-state index contributed by atoms with van der Waals surface area (Å²) < 4.78 is 5.31. The second-order valence-electron chi connectivity index (χ2n) is 4.81. The summed E-state index contributed by atoms with van der Waals surface area (Å²) in [6.07, 6.45) is 2.69. The van der Waals surface area contributed by atoms with Crippen LogP contribution in [0.4, 0.5) is 0 Å². The number of carbonyl (C=O) groups excluding carboxylic acids is 1. The van der Waals surface area contributed by atoms with Crippen LogP contribution in [0.2, 0.25) is 0 Å². The predicted octanol–water partition coefficient (Wildman–Crippen LogP) is 4.23. The molecule has 2 heteroatoms. The van der Waals surface area contributed by atoms with Crippen molar-refractivity contribution in [2.24, 2.45) is 0 Å². The summed E-state index contributed by atoms with van der Waals surface area (Å²) in [6.45, 7) is 2.58. The lowest BCUT2D eigenvalue weighted by molar-refractivity contribution is 0.0498. The Hall–Kier alpha value is -2.09. The van der Waals surface area contributed by atoms with Gasteiger partial charge in [0.15, 0.2) is 0 Å². The minimum absolute atomic E-state index is 0.218. The van der Waals surface area contributed by atoms with Gasteiger partial charge < -0.3 is 4.74 Å². The highest BCUT2D eigenvalue weighted by atomic mass is 16.5. The van der Waals surface area contributed by atoms with Crippen molar-refractivity contribution in [1.82, 2.24) is 0 Å². The molecule has 104 valence electrons. The first-order valence-electron chi connectivity index (χ1n) is 7.10. The van der Waals surface area contributed by atoms with Crippen LogP contribution in [0.15, 0.2) is 54.6 Å². The van der Waals surface area contributed by atoms with E-state index in [4.69, 9.17) is 4.74 Å². The molecule has 20 heavy (non-hydrogen) atoms. The van der Waals surface area contributed by atoms with E-state index in [2.05, 4.69) is 19.1 Å². The Balaban J connectivity index is 2.11. The zero-order valence-electron chi connectivity index (χ0n) is 11.8. The minimum Gasteiger partial charge on any atom is -0.462 e. The fourth-order valence-corrected chi connectivity index (χ4v) is 2.08. The molecule has 2 aromatic carbocycles. The molecule has 0 fully saturated rings. The van der Waals surface area contributed by atoms with Crippen LogP contribution in [0.3, 0.4) is 0 Å². The van der Waals surface area contributed by atoms with Gasteiger partial charge in [-0.05, 0) is 30.0 Å². The molecule has 0 saturated heterocycles. The summed E-state index contributed by atoms with van der Waals surface area (Å²) in [5, 5.41) is 0. The molecule has 0 unspecified atom stereocenters. The molecule has 0 saturated carbocycles. The van der Waals surface area contributed by atoms with Gasteiger partial charge in [-0.3, -0.25) is 0 Å². The van der Waals surface area contributed by atoms with Crippen LogP contribution < -0.4 is 0 Å². The Labute approximate surface area is 120 Å². The van der Waals surface area contributed by atoms with Crippen molar-refractivity contribution in [3.63, 3.8) is 0 Å². The van der Waals surface area contributed by atoms with Gasteiger partial charge in [-0.15, -0.1) is 0 Å². The van der Waals surface area contributed by atoms with E-state index in [1.165, 1.54) is 5.56 Å². The van der Waals surface area contributed by atoms with Gasteiger partial charge in [0, 0.05) is 0 Å². The topological polar surface area (TPSA) is 26.3 Å². The minimum atomic E-state index is -0.218. The number of benzene rings is 2. The molecule has 0 amide bonds. The van der Waals surface area contributed by atoms with E-state index in [0.717, 1.165) is 24.8 Å². The smallest absolute Gasteiger partial charge is 0.338 e. The van der Waals surface area contributed by atoms with Gasteiger partial charge in [0.25, 0.3) is 0 Å². The molecule has 0 aliphatic carbocycles. The van der Waals surface area contributed by atoms with Crippen molar-refractivity contribution < 1.29 is 9.53 Å². The Morgan fingerprint density at radius 3 is 2.45 bits per heavy atom. The second kappa shape index (κ2) is 7.49. The number of carbonyl (C=O) groups is 1. The third-order valence-electron chi connectivity index (χ3n) is 3.21. The summed E-state index contributed by atoms with van der Waals surface area (Å²) in [5.41, 5.74) is 2.88. The van der Waals surface area contributed by atoms with Crippen LogP contribution in [-0.4, -0.2) is 12.6 Å². The average molecular weight is 268 g/mol. The van der Waals surface area contributed by atoms with E-state index in [-0.39, 0.29) is 5.97 Å². The SMILES string of the molecule is CCCCOC(=O)c1ccccc1Cc1ccccc1. The molecule has 0 atom stereocenters. The lowest BCUT2D eigenvalue weighted by Crippen LogP contribution is -2.09. The van der Waals surface area contributed by atoms with Crippen molar-refractivity contribution in [2.45, 2.75) is 26.2 Å². The third kappa shape index (κ3) is 3.95.